The molecule has 1 aliphatic rings. The number of aromatic nitrogens is 2. The summed E-state index contributed by atoms with van der Waals surface area (Å²) in [5.74, 6) is 1.39. The number of ether oxygens (including phenoxy) is 1. The molecule has 0 spiro atoms. The number of nitrogens with one attached hydrogen (secondary N) is 1. The van der Waals surface area contributed by atoms with Gasteiger partial charge in [-0.15, -0.1) is 12.4 Å². The molecule has 20 heavy (non-hydrogen) atoms. The number of hydrogen-bond acceptors (Lipinski definition) is 5. The van der Waals surface area contributed by atoms with E-state index < -0.39 is 0 Å². The molecule has 0 amide bonds. The molecule has 1 aromatic heterocycles. The van der Waals surface area contributed by atoms with Crippen molar-refractivity contribution in [2.75, 3.05) is 7.05 Å². The largest absolute Gasteiger partial charge is 0.365 e. The fourth-order valence-electron chi connectivity index (χ4n) is 2.44. The Morgan fingerprint density at radius 1 is 1.40 bits per heavy atom. The molecular formula is C14H26ClN3O2. The van der Waals surface area contributed by atoms with E-state index in [1.54, 1.807) is 0 Å². The average molecular weight is 304 g/mol. The lowest BCUT2D eigenvalue weighted by molar-refractivity contribution is -0.0275. The Morgan fingerprint density at radius 3 is 2.70 bits per heavy atom. The van der Waals surface area contributed by atoms with Crippen LogP contribution in [-0.4, -0.2) is 29.3 Å². The highest BCUT2D eigenvalue weighted by Gasteiger charge is 2.24. The fraction of sp³-hybridized carbons (Fsp3) is 0.857. The van der Waals surface area contributed by atoms with E-state index in [0.717, 1.165) is 31.5 Å². The van der Waals surface area contributed by atoms with E-state index in [2.05, 4.69) is 29.3 Å². The van der Waals surface area contributed by atoms with Gasteiger partial charge in [0.15, 0.2) is 5.82 Å². The first kappa shape index (κ1) is 17.4. The molecule has 2 rings (SSSR count). The van der Waals surface area contributed by atoms with Crippen LogP contribution in [-0.2, 0) is 11.2 Å². The van der Waals surface area contributed by atoms with E-state index in [1.165, 1.54) is 12.8 Å². The second-order valence-corrected chi connectivity index (χ2v) is 5.38. The first-order valence-corrected chi connectivity index (χ1v) is 7.38. The smallest absolute Gasteiger partial charge is 0.255 e. The molecule has 0 aliphatic heterocycles. The van der Waals surface area contributed by atoms with Crippen LogP contribution in [0.4, 0.5) is 0 Å². The van der Waals surface area contributed by atoms with Crippen LogP contribution in [0.15, 0.2) is 4.52 Å². The number of halogens is 1. The molecule has 1 aromatic rings. The maximum atomic E-state index is 6.08. The predicted molar refractivity (Wildman–Crippen MR) is 80.1 cm³/mol. The van der Waals surface area contributed by atoms with E-state index in [9.17, 15) is 0 Å². The van der Waals surface area contributed by atoms with E-state index in [0.29, 0.717) is 18.0 Å². The van der Waals surface area contributed by atoms with Crippen molar-refractivity contribution in [1.82, 2.24) is 15.5 Å². The predicted octanol–water partition coefficient (Wildman–Crippen LogP) is 3.05. The Bertz CT molecular complexity index is 380. The second-order valence-electron chi connectivity index (χ2n) is 5.38. The van der Waals surface area contributed by atoms with Gasteiger partial charge in [-0.05, 0) is 33.2 Å². The van der Waals surface area contributed by atoms with E-state index in [1.807, 2.05) is 7.05 Å². The quantitative estimate of drug-likeness (QED) is 0.839. The van der Waals surface area contributed by atoms with Crippen LogP contribution in [0.3, 0.4) is 0 Å². The van der Waals surface area contributed by atoms with E-state index >= 15 is 0 Å². The summed E-state index contributed by atoms with van der Waals surface area (Å²) < 4.78 is 11.4. The van der Waals surface area contributed by atoms with Gasteiger partial charge in [0.25, 0.3) is 5.89 Å². The molecule has 6 heteroatoms. The van der Waals surface area contributed by atoms with Crippen LogP contribution < -0.4 is 5.32 Å². The zero-order valence-corrected chi connectivity index (χ0v) is 13.4. The number of likely N-dealkylation sites (N-methyl/N-ethyl adjacent to an activating group) is 1. The third kappa shape index (κ3) is 4.72. The van der Waals surface area contributed by atoms with Gasteiger partial charge in [0.1, 0.15) is 6.10 Å². The molecule has 1 heterocycles. The molecule has 1 fully saturated rings. The highest BCUT2D eigenvalue weighted by atomic mass is 35.5. The summed E-state index contributed by atoms with van der Waals surface area (Å²) in [6, 6.07) is 0.348. The molecule has 0 radical (unpaired) electrons. The summed E-state index contributed by atoms with van der Waals surface area (Å²) in [7, 11) is 1.93. The van der Waals surface area contributed by atoms with Gasteiger partial charge in [0.2, 0.25) is 0 Å². The lowest BCUT2D eigenvalue weighted by Gasteiger charge is -2.17. The normalized spacial score (nSPS) is 18.8. The third-order valence-electron chi connectivity index (χ3n) is 3.77. The zero-order chi connectivity index (χ0) is 13.7. The molecule has 1 aliphatic carbocycles. The molecular weight excluding hydrogens is 278 g/mol. The second kappa shape index (κ2) is 8.60. The van der Waals surface area contributed by atoms with Crippen LogP contribution in [0.5, 0.6) is 0 Å². The first-order valence-electron chi connectivity index (χ1n) is 7.38. The fourth-order valence-corrected chi connectivity index (χ4v) is 2.44. The average Bonchev–Trinajstić information content (AvgIpc) is 3.07. The summed E-state index contributed by atoms with van der Waals surface area (Å²) in [5, 5.41) is 7.21. The molecule has 2 atom stereocenters. The minimum atomic E-state index is -0.0470. The van der Waals surface area contributed by atoms with Gasteiger partial charge in [-0.2, -0.15) is 4.98 Å². The molecule has 0 aromatic carbocycles. The molecule has 1 saturated carbocycles. The Morgan fingerprint density at radius 2 is 2.10 bits per heavy atom. The lowest BCUT2D eigenvalue weighted by atomic mass is 10.2. The topological polar surface area (TPSA) is 60.2 Å². The highest BCUT2D eigenvalue weighted by Crippen LogP contribution is 2.28. The van der Waals surface area contributed by atoms with Gasteiger partial charge in [-0.3, -0.25) is 0 Å². The van der Waals surface area contributed by atoms with Crippen LogP contribution in [0.1, 0.15) is 63.8 Å². The standard InChI is InChI=1S/C14H25N3O2.ClH/c1-4-12(18-11-7-5-6-8-11)14-16-13(17-19-14)9-10(2)15-3;/h10-12,15H,4-9H2,1-3H3;1H. The van der Waals surface area contributed by atoms with Gasteiger partial charge in [-0.1, -0.05) is 24.9 Å². The van der Waals surface area contributed by atoms with Gasteiger partial charge in [0.05, 0.1) is 6.10 Å². The van der Waals surface area contributed by atoms with Crippen LogP contribution in [0, 0.1) is 0 Å². The molecule has 1 N–H and O–H groups in total. The maximum absolute atomic E-state index is 6.08. The van der Waals surface area contributed by atoms with E-state index in [-0.39, 0.29) is 18.5 Å². The summed E-state index contributed by atoms with van der Waals surface area (Å²) >= 11 is 0. The van der Waals surface area contributed by atoms with Crippen molar-refractivity contribution in [3.8, 4) is 0 Å². The minimum absolute atomic E-state index is 0. The van der Waals surface area contributed by atoms with Crippen molar-refractivity contribution < 1.29 is 9.26 Å². The van der Waals surface area contributed by atoms with Crippen molar-refractivity contribution in [3.05, 3.63) is 11.7 Å². The van der Waals surface area contributed by atoms with Crippen molar-refractivity contribution in [2.45, 2.75) is 70.6 Å². The first-order chi connectivity index (χ1) is 9.22. The number of rotatable bonds is 7. The maximum Gasteiger partial charge on any atom is 0.255 e. The van der Waals surface area contributed by atoms with Crippen molar-refractivity contribution in [3.63, 3.8) is 0 Å². The van der Waals surface area contributed by atoms with E-state index in [4.69, 9.17) is 9.26 Å². The molecule has 2 unspecified atom stereocenters. The molecule has 0 saturated heterocycles. The summed E-state index contributed by atoms with van der Waals surface area (Å²) in [4.78, 5) is 4.47. The zero-order valence-electron chi connectivity index (χ0n) is 12.6. The molecule has 0 bridgehead atoms. The molecule has 5 nitrogen and oxygen atoms in total. The summed E-state index contributed by atoms with van der Waals surface area (Å²) in [5.41, 5.74) is 0. The Labute approximate surface area is 127 Å². The summed E-state index contributed by atoms with van der Waals surface area (Å²) in [6.45, 7) is 4.20. The van der Waals surface area contributed by atoms with Crippen molar-refractivity contribution in [1.29, 1.82) is 0 Å². The van der Waals surface area contributed by atoms with Crippen LogP contribution >= 0.6 is 12.4 Å². The third-order valence-corrected chi connectivity index (χ3v) is 3.77. The van der Waals surface area contributed by atoms with Gasteiger partial charge in [-0.25, -0.2) is 0 Å². The summed E-state index contributed by atoms with van der Waals surface area (Å²) in [6.07, 6.45) is 6.85. The van der Waals surface area contributed by atoms with Gasteiger partial charge in [0, 0.05) is 12.5 Å². The number of hydrogen-bond donors (Lipinski definition) is 1. The highest BCUT2D eigenvalue weighted by molar-refractivity contribution is 5.85. The SMILES string of the molecule is CCC(OC1CCCC1)c1nc(CC(C)NC)no1.Cl. The minimum Gasteiger partial charge on any atom is -0.365 e. The molecule has 116 valence electrons. The monoisotopic (exact) mass is 303 g/mol. The van der Waals surface area contributed by atoms with Crippen LogP contribution in [0.2, 0.25) is 0 Å². The Balaban J connectivity index is 0.00000200. The lowest BCUT2D eigenvalue weighted by Crippen LogP contribution is -2.24. The number of nitrogens with zero attached hydrogens (tertiary/aromatic N) is 2. The Hall–Kier alpha value is -0.650. The van der Waals surface area contributed by atoms with Crippen LogP contribution in [0.25, 0.3) is 0 Å². The van der Waals surface area contributed by atoms with Gasteiger partial charge < -0.3 is 14.6 Å². The van der Waals surface area contributed by atoms with Gasteiger partial charge >= 0.3 is 0 Å². The Kier molecular flexibility index (Phi) is 7.48. The van der Waals surface area contributed by atoms with Crippen molar-refractivity contribution in [2.24, 2.45) is 0 Å². The van der Waals surface area contributed by atoms with Crippen molar-refractivity contribution >= 4 is 12.4 Å².